The summed E-state index contributed by atoms with van der Waals surface area (Å²) in [5, 5.41) is 4.49. The van der Waals surface area contributed by atoms with Crippen LogP contribution in [-0.2, 0) is 0 Å². The number of nitrogens with zero attached hydrogens (tertiary/aromatic N) is 4. The van der Waals surface area contributed by atoms with E-state index >= 15 is 0 Å². The van der Waals surface area contributed by atoms with Gasteiger partial charge in [-0.25, -0.2) is 0 Å². The van der Waals surface area contributed by atoms with Gasteiger partial charge in [0.15, 0.2) is 0 Å². The number of para-hydroxylation sites is 1. The molecule has 10 aromatic rings. The first-order valence-electron chi connectivity index (χ1n) is 17.2. The summed E-state index contributed by atoms with van der Waals surface area (Å²) in [6, 6.07) is 52.8. The highest BCUT2D eigenvalue weighted by Gasteiger charge is 2.19. The van der Waals surface area contributed by atoms with Crippen molar-refractivity contribution >= 4 is 43.7 Å². The number of aromatic nitrogens is 4. The molecule has 0 unspecified atom stereocenters. The minimum atomic E-state index is 0.816. The number of hydrogen-bond acceptors (Lipinski definition) is 4. The van der Waals surface area contributed by atoms with E-state index in [1.807, 2.05) is 67.1 Å². The molecule has 5 aromatic carbocycles. The maximum absolute atomic E-state index is 6.50. The maximum Gasteiger partial charge on any atom is 0.136 e. The largest absolute Gasteiger partial charge is 0.456 e. The minimum Gasteiger partial charge on any atom is -0.456 e. The highest BCUT2D eigenvalue weighted by atomic mass is 16.3. The van der Waals surface area contributed by atoms with Gasteiger partial charge < -0.3 is 8.98 Å². The molecule has 0 aliphatic heterocycles. The van der Waals surface area contributed by atoms with E-state index in [1.54, 1.807) is 0 Å². The highest BCUT2D eigenvalue weighted by Crippen LogP contribution is 2.41. The maximum atomic E-state index is 6.50. The van der Waals surface area contributed by atoms with E-state index in [1.165, 1.54) is 10.8 Å². The molecular weight excluding hydrogens is 637 g/mol. The summed E-state index contributed by atoms with van der Waals surface area (Å²) < 4.78 is 8.86. The van der Waals surface area contributed by atoms with Gasteiger partial charge in [-0.05, 0) is 96.1 Å². The molecule has 5 nitrogen and oxygen atoms in total. The van der Waals surface area contributed by atoms with Gasteiger partial charge in [-0.15, -0.1) is 13.2 Å². The van der Waals surface area contributed by atoms with Gasteiger partial charge in [-0.3, -0.25) is 15.0 Å². The van der Waals surface area contributed by atoms with Crippen molar-refractivity contribution in [2.75, 3.05) is 0 Å². The van der Waals surface area contributed by atoms with E-state index < -0.39 is 0 Å². The number of benzene rings is 5. The molecule has 0 fully saturated rings. The van der Waals surface area contributed by atoms with Crippen molar-refractivity contribution < 1.29 is 4.42 Å². The molecule has 0 spiro atoms. The Morgan fingerprint density at radius 1 is 0.404 bits per heavy atom. The molecular formula is C47H32N4O. The molecule has 0 saturated heterocycles. The molecule has 5 heterocycles. The van der Waals surface area contributed by atoms with Gasteiger partial charge in [0.05, 0.1) is 28.1 Å². The van der Waals surface area contributed by atoms with Gasteiger partial charge >= 0.3 is 0 Å². The second-order valence-electron chi connectivity index (χ2n) is 12.5. The first-order chi connectivity index (χ1) is 25.8. The zero-order valence-electron chi connectivity index (χ0n) is 28.3. The van der Waals surface area contributed by atoms with Gasteiger partial charge in [-0.2, -0.15) is 0 Å². The lowest BCUT2D eigenvalue weighted by atomic mass is 9.96. The van der Waals surface area contributed by atoms with E-state index in [2.05, 4.69) is 131 Å². The van der Waals surface area contributed by atoms with Crippen molar-refractivity contribution in [1.29, 1.82) is 0 Å². The van der Waals surface area contributed by atoms with Crippen molar-refractivity contribution in [3.05, 3.63) is 183 Å². The van der Waals surface area contributed by atoms with E-state index in [4.69, 9.17) is 9.40 Å². The molecule has 0 bridgehead atoms. The first-order valence-corrected chi connectivity index (χ1v) is 17.2. The molecule has 5 aromatic heterocycles. The fourth-order valence-corrected chi connectivity index (χ4v) is 7.32. The van der Waals surface area contributed by atoms with Crippen LogP contribution in [0.5, 0.6) is 0 Å². The van der Waals surface area contributed by atoms with Crippen LogP contribution >= 0.6 is 0 Å². The molecule has 0 N–H and O–H groups in total. The molecule has 0 radical (unpaired) electrons. The average Bonchev–Trinajstić information content (AvgIpc) is 3.76. The van der Waals surface area contributed by atoms with Crippen LogP contribution in [0.25, 0.3) is 94.3 Å². The topological polar surface area (TPSA) is 56.7 Å². The van der Waals surface area contributed by atoms with Crippen LogP contribution in [-0.4, -0.2) is 19.5 Å². The zero-order valence-corrected chi connectivity index (χ0v) is 28.3. The molecule has 0 aliphatic carbocycles. The molecule has 10 rings (SSSR count). The van der Waals surface area contributed by atoms with Crippen molar-refractivity contribution in [2.24, 2.45) is 0 Å². The molecule has 52 heavy (non-hydrogen) atoms. The van der Waals surface area contributed by atoms with Crippen molar-refractivity contribution in [2.45, 2.75) is 0 Å². The number of fused-ring (bicyclic) bond motifs is 6. The minimum absolute atomic E-state index is 0.816. The Bertz CT molecular complexity index is 2870. The normalized spacial score (nSPS) is 11.2. The predicted molar refractivity (Wildman–Crippen MR) is 214 cm³/mol. The lowest BCUT2D eigenvalue weighted by Crippen LogP contribution is -1.93. The van der Waals surface area contributed by atoms with Gasteiger partial charge in [0.1, 0.15) is 11.2 Å². The van der Waals surface area contributed by atoms with Gasteiger partial charge in [0.25, 0.3) is 0 Å². The Labute approximate surface area is 300 Å². The Kier molecular flexibility index (Phi) is 7.71. The summed E-state index contributed by atoms with van der Waals surface area (Å²) in [6.45, 7) is 6.00. The van der Waals surface area contributed by atoms with Gasteiger partial charge in [0, 0.05) is 62.5 Å². The van der Waals surface area contributed by atoms with E-state index in [9.17, 15) is 0 Å². The predicted octanol–water partition coefficient (Wildman–Crippen LogP) is 12.3. The standard InChI is InChI=1S/C45H28N4O.C2H4/c1-2-12-32(39-14-5-8-22-46-39)31(11-1)29-18-20-43-36(25-29)33-13-3-4-17-42(33)49(43)30-19-21-44-37(26-30)38-27-34(40-15-6-9-23-47-40)35(28-45(38)50-44)41-16-7-10-24-48-41;1-2/h1-28H;1-2H2. The third-order valence-corrected chi connectivity index (χ3v) is 9.58. The fourth-order valence-electron chi connectivity index (χ4n) is 7.32. The van der Waals surface area contributed by atoms with E-state index in [-0.39, 0.29) is 0 Å². The second kappa shape index (κ2) is 13.0. The molecule has 5 heteroatoms. The van der Waals surface area contributed by atoms with Crippen molar-refractivity contribution in [3.63, 3.8) is 0 Å². The second-order valence-corrected chi connectivity index (χ2v) is 12.5. The summed E-state index contributed by atoms with van der Waals surface area (Å²) in [5.74, 6) is 0. The Balaban J connectivity index is 0.00000177. The molecule has 0 atom stereocenters. The summed E-state index contributed by atoms with van der Waals surface area (Å²) >= 11 is 0. The summed E-state index contributed by atoms with van der Waals surface area (Å²) in [7, 11) is 0. The third kappa shape index (κ3) is 5.15. The zero-order chi connectivity index (χ0) is 35.0. The molecule has 0 amide bonds. The summed E-state index contributed by atoms with van der Waals surface area (Å²) in [6.07, 6.45) is 5.50. The van der Waals surface area contributed by atoms with E-state index in [0.29, 0.717) is 0 Å². The first kappa shape index (κ1) is 30.9. The third-order valence-electron chi connectivity index (χ3n) is 9.58. The van der Waals surface area contributed by atoms with E-state index in [0.717, 1.165) is 83.6 Å². The molecule has 0 saturated carbocycles. The smallest absolute Gasteiger partial charge is 0.136 e. The van der Waals surface area contributed by atoms with Crippen molar-refractivity contribution in [1.82, 2.24) is 19.5 Å². The van der Waals surface area contributed by atoms with Gasteiger partial charge in [0.2, 0.25) is 0 Å². The Morgan fingerprint density at radius 3 is 1.67 bits per heavy atom. The Morgan fingerprint density at radius 2 is 0.981 bits per heavy atom. The number of furan rings is 1. The van der Waals surface area contributed by atoms with Crippen LogP contribution in [0.1, 0.15) is 0 Å². The number of hydrogen-bond donors (Lipinski definition) is 0. The molecule has 246 valence electrons. The lowest BCUT2D eigenvalue weighted by molar-refractivity contribution is 0.669. The number of rotatable bonds is 5. The number of pyridine rings is 3. The molecule has 0 aliphatic rings. The van der Waals surface area contributed by atoms with Crippen molar-refractivity contribution in [3.8, 4) is 50.6 Å². The fraction of sp³-hybridized carbons (Fsp3) is 0. The lowest BCUT2D eigenvalue weighted by Gasteiger charge is -2.11. The van der Waals surface area contributed by atoms with Crippen LogP contribution in [0.2, 0.25) is 0 Å². The highest BCUT2D eigenvalue weighted by molar-refractivity contribution is 6.12. The Hall–Kier alpha value is -7.11. The van der Waals surface area contributed by atoms with Gasteiger partial charge in [-0.1, -0.05) is 66.7 Å². The van der Waals surface area contributed by atoms with Crippen LogP contribution in [0, 0.1) is 0 Å². The van der Waals surface area contributed by atoms with Crippen LogP contribution in [0.15, 0.2) is 188 Å². The SMILES string of the molecule is C=C.c1ccc(-c2ccccc2-c2ccc3c(c2)c2ccccc2n3-c2ccc3oc4cc(-c5ccccn5)c(-c5ccccn5)cc4c3c2)nc1. The summed E-state index contributed by atoms with van der Waals surface area (Å²) in [5.41, 5.74) is 13.2. The average molecular weight is 669 g/mol. The van der Waals surface area contributed by atoms with Crippen LogP contribution < -0.4 is 0 Å². The van der Waals surface area contributed by atoms with Crippen LogP contribution in [0.4, 0.5) is 0 Å². The monoisotopic (exact) mass is 668 g/mol. The summed E-state index contributed by atoms with van der Waals surface area (Å²) in [4.78, 5) is 14.0. The van der Waals surface area contributed by atoms with Crippen LogP contribution in [0.3, 0.4) is 0 Å². The quantitative estimate of drug-likeness (QED) is 0.171.